The van der Waals surface area contributed by atoms with Crippen molar-refractivity contribution in [3.63, 3.8) is 0 Å². The Morgan fingerprint density at radius 2 is 1.74 bits per heavy atom. The molecular formula is C20H20F4O3. The van der Waals surface area contributed by atoms with Crippen molar-refractivity contribution in [1.29, 1.82) is 0 Å². The highest BCUT2D eigenvalue weighted by Crippen LogP contribution is 2.32. The summed E-state index contributed by atoms with van der Waals surface area (Å²) in [6.45, 7) is 1.47. The van der Waals surface area contributed by atoms with Gasteiger partial charge in [0.2, 0.25) is 0 Å². The molecule has 2 rings (SSSR count). The predicted octanol–water partition coefficient (Wildman–Crippen LogP) is 5.42. The lowest BCUT2D eigenvalue weighted by molar-refractivity contribution is -0.139. The Balaban J connectivity index is 2.35. The second-order valence-electron chi connectivity index (χ2n) is 5.85. The first-order chi connectivity index (χ1) is 12.9. The van der Waals surface area contributed by atoms with Crippen molar-refractivity contribution in [1.82, 2.24) is 0 Å². The fourth-order valence-corrected chi connectivity index (χ4v) is 2.70. The highest BCUT2D eigenvalue weighted by molar-refractivity contribution is 5.73. The Morgan fingerprint density at radius 1 is 1.04 bits per heavy atom. The minimum atomic E-state index is -2.79. The normalized spacial score (nSPS) is 11.1. The van der Waals surface area contributed by atoms with Gasteiger partial charge in [-0.1, -0.05) is 31.2 Å². The van der Waals surface area contributed by atoms with Crippen LogP contribution in [0.25, 0.3) is 0 Å². The first-order valence-electron chi connectivity index (χ1n) is 8.36. The van der Waals surface area contributed by atoms with Crippen LogP contribution in [0.3, 0.4) is 0 Å². The molecule has 3 nitrogen and oxygen atoms in total. The van der Waals surface area contributed by atoms with Crippen molar-refractivity contribution in [2.45, 2.75) is 39.2 Å². The fourth-order valence-electron chi connectivity index (χ4n) is 2.70. The Kier molecular flexibility index (Phi) is 7.21. The Morgan fingerprint density at radius 3 is 2.33 bits per heavy atom. The number of halogens is 4. The molecule has 0 aromatic heterocycles. The lowest BCUT2D eigenvalue weighted by atomic mass is 9.99. The van der Waals surface area contributed by atoms with Crippen LogP contribution in [0.1, 0.15) is 47.6 Å². The van der Waals surface area contributed by atoms with Crippen LogP contribution in [-0.2, 0) is 29.0 Å². The average molecular weight is 384 g/mol. The van der Waals surface area contributed by atoms with Gasteiger partial charge in [-0.15, -0.1) is 0 Å². The van der Waals surface area contributed by atoms with Crippen LogP contribution >= 0.6 is 0 Å². The second-order valence-corrected chi connectivity index (χ2v) is 5.85. The van der Waals surface area contributed by atoms with Gasteiger partial charge in [0.25, 0.3) is 12.9 Å². The van der Waals surface area contributed by atoms with E-state index in [9.17, 15) is 22.4 Å². The van der Waals surface area contributed by atoms with Gasteiger partial charge < -0.3 is 9.47 Å². The third-order valence-corrected chi connectivity index (χ3v) is 4.20. The van der Waals surface area contributed by atoms with E-state index in [4.69, 9.17) is 4.74 Å². The molecule has 0 aliphatic heterocycles. The molecular weight excluding hydrogens is 364 g/mol. The highest BCUT2D eigenvalue weighted by Gasteiger charge is 2.20. The molecule has 0 aliphatic rings. The van der Waals surface area contributed by atoms with Gasteiger partial charge in [0.05, 0.1) is 19.1 Å². The number of hydrogen-bond acceptors (Lipinski definition) is 3. The van der Waals surface area contributed by atoms with Crippen LogP contribution in [0.4, 0.5) is 17.6 Å². The third-order valence-electron chi connectivity index (χ3n) is 4.20. The smallest absolute Gasteiger partial charge is 0.309 e. The molecule has 0 atom stereocenters. The van der Waals surface area contributed by atoms with Gasteiger partial charge in [0, 0.05) is 11.1 Å². The van der Waals surface area contributed by atoms with E-state index in [-0.39, 0.29) is 35.5 Å². The summed E-state index contributed by atoms with van der Waals surface area (Å²) in [4.78, 5) is 11.6. The van der Waals surface area contributed by atoms with Gasteiger partial charge in [-0.2, -0.15) is 0 Å². The Hall–Kier alpha value is -2.57. The molecule has 0 fully saturated rings. The Labute approximate surface area is 154 Å². The minimum Gasteiger partial charge on any atom is -0.488 e. The summed E-state index contributed by atoms with van der Waals surface area (Å²) in [6, 6.07) is 8.53. The number of rotatable bonds is 8. The largest absolute Gasteiger partial charge is 0.488 e. The Bertz CT molecular complexity index is 791. The van der Waals surface area contributed by atoms with Crippen LogP contribution in [0.5, 0.6) is 5.75 Å². The minimum absolute atomic E-state index is 0.0738. The molecule has 0 amide bonds. The number of hydrogen-bond donors (Lipinski definition) is 0. The van der Waals surface area contributed by atoms with E-state index >= 15 is 0 Å². The maximum atomic E-state index is 13.4. The lowest BCUT2D eigenvalue weighted by Crippen LogP contribution is -2.11. The quantitative estimate of drug-likeness (QED) is 0.450. The van der Waals surface area contributed by atoms with Gasteiger partial charge >= 0.3 is 5.97 Å². The van der Waals surface area contributed by atoms with Crippen molar-refractivity contribution in [2.75, 3.05) is 7.11 Å². The van der Waals surface area contributed by atoms with Gasteiger partial charge in [-0.3, -0.25) is 4.79 Å². The molecule has 0 heterocycles. The van der Waals surface area contributed by atoms with E-state index in [0.29, 0.717) is 12.0 Å². The van der Waals surface area contributed by atoms with E-state index in [1.807, 2.05) is 6.92 Å². The molecule has 0 spiro atoms. The van der Waals surface area contributed by atoms with Crippen molar-refractivity contribution in [2.24, 2.45) is 0 Å². The summed E-state index contributed by atoms with van der Waals surface area (Å²) in [7, 11) is 1.19. The predicted molar refractivity (Wildman–Crippen MR) is 92.2 cm³/mol. The monoisotopic (exact) mass is 384 g/mol. The molecule has 146 valence electrons. The number of carbonyl (C=O) groups excluding carboxylic acids is 1. The van der Waals surface area contributed by atoms with Crippen molar-refractivity contribution in [3.05, 3.63) is 64.2 Å². The summed E-state index contributed by atoms with van der Waals surface area (Å²) in [5, 5.41) is 0. The number of ether oxygens (including phenoxy) is 2. The van der Waals surface area contributed by atoms with Crippen LogP contribution in [-0.4, -0.2) is 13.1 Å². The van der Waals surface area contributed by atoms with Gasteiger partial charge in [0.1, 0.15) is 12.4 Å². The first-order valence-corrected chi connectivity index (χ1v) is 8.36. The number of esters is 1. The van der Waals surface area contributed by atoms with E-state index in [2.05, 4.69) is 4.74 Å². The van der Waals surface area contributed by atoms with Crippen LogP contribution in [0, 0.1) is 0 Å². The standard InChI is InChI=1S/C20H20F4O3/c1-3-12-7-8-17(15(9-12)20(23)24)27-11-16-13(10-18(25)26-2)5-4-6-14(16)19(21)22/h4-9,19-20H,3,10-11H2,1-2H3. The number of benzene rings is 2. The average Bonchev–Trinajstić information content (AvgIpc) is 2.66. The van der Waals surface area contributed by atoms with E-state index in [1.165, 1.54) is 37.4 Å². The van der Waals surface area contributed by atoms with E-state index < -0.39 is 18.8 Å². The molecule has 0 aliphatic carbocycles. The van der Waals surface area contributed by atoms with Gasteiger partial charge in [-0.05, 0) is 29.7 Å². The SMILES string of the molecule is CCc1ccc(OCc2c(CC(=O)OC)cccc2C(F)F)c(C(F)F)c1. The highest BCUT2D eigenvalue weighted by atomic mass is 19.3. The molecule has 27 heavy (non-hydrogen) atoms. The number of methoxy groups -OCH3 is 1. The topological polar surface area (TPSA) is 35.5 Å². The fraction of sp³-hybridized carbons (Fsp3) is 0.350. The zero-order valence-electron chi connectivity index (χ0n) is 15.0. The zero-order valence-corrected chi connectivity index (χ0v) is 15.0. The van der Waals surface area contributed by atoms with Crippen molar-refractivity contribution < 1.29 is 31.8 Å². The summed E-state index contributed by atoms with van der Waals surface area (Å²) in [5.74, 6) is -0.668. The summed E-state index contributed by atoms with van der Waals surface area (Å²) >= 11 is 0. The molecule has 2 aromatic rings. The maximum Gasteiger partial charge on any atom is 0.309 e. The van der Waals surface area contributed by atoms with Gasteiger partial charge in [0.15, 0.2) is 0 Å². The van der Waals surface area contributed by atoms with E-state index in [0.717, 1.165) is 5.56 Å². The molecule has 0 radical (unpaired) electrons. The molecule has 0 N–H and O–H groups in total. The van der Waals surface area contributed by atoms with Crippen molar-refractivity contribution in [3.8, 4) is 5.75 Å². The maximum absolute atomic E-state index is 13.4. The van der Waals surface area contributed by atoms with E-state index in [1.54, 1.807) is 6.07 Å². The van der Waals surface area contributed by atoms with Crippen molar-refractivity contribution >= 4 is 5.97 Å². The summed E-state index contributed by atoms with van der Waals surface area (Å²) < 4.78 is 63.4. The molecule has 0 unspecified atom stereocenters. The van der Waals surface area contributed by atoms with Crippen LogP contribution in [0.2, 0.25) is 0 Å². The zero-order chi connectivity index (χ0) is 20.0. The number of alkyl halides is 4. The third kappa shape index (κ3) is 5.21. The molecule has 0 bridgehead atoms. The van der Waals surface area contributed by atoms with Gasteiger partial charge in [-0.25, -0.2) is 17.6 Å². The molecule has 7 heteroatoms. The summed E-state index contributed by atoms with van der Waals surface area (Å²) in [5.41, 5.74) is 0.525. The van der Waals surface area contributed by atoms with Crippen LogP contribution in [0.15, 0.2) is 36.4 Å². The molecule has 2 aromatic carbocycles. The first kappa shape index (κ1) is 20.7. The summed E-state index contributed by atoms with van der Waals surface area (Å²) in [6.07, 6.45) is -5.19. The second kappa shape index (κ2) is 9.39. The molecule has 0 saturated carbocycles. The number of carbonyl (C=O) groups is 1. The lowest BCUT2D eigenvalue weighted by Gasteiger charge is -2.17. The number of aryl methyl sites for hydroxylation is 1. The van der Waals surface area contributed by atoms with Crippen LogP contribution < -0.4 is 4.74 Å². The molecule has 0 saturated heterocycles.